The van der Waals surface area contributed by atoms with Crippen LogP contribution < -0.4 is 0 Å². The van der Waals surface area contributed by atoms with Crippen molar-refractivity contribution < 1.29 is 28.2 Å². The van der Waals surface area contributed by atoms with Gasteiger partial charge in [-0.2, -0.15) is 13.2 Å². The predicted octanol–water partition coefficient (Wildman–Crippen LogP) is 8.58. The van der Waals surface area contributed by atoms with Crippen molar-refractivity contribution in [3.05, 3.63) is 23.8 Å². The summed E-state index contributed by atoms with van der Waals surface area (Å²) in [5, 5.41) is 17.9. The number of carbonyl (C=O) groups is 1. The van der Waals surface area contributed by atoms with Gasteiger partial charge in [0.2, 0.25) is 0 Å². The van der Waals surface area contributed by atoms with Crippen molar-refractivity contribution in [3.63, 3.8) is 0 Å². The highest BCUT2D eigenvalue weighted by molar-refractivity contribution is 5.87. The summed E-state index contributed by atoms with van der Waals surface area (Å²) in [4.78, 5) is 9.53. The van der Waals surface area contributed by atoms with Gasteiger partial charge >= 0.3 is 12.1 Å². The van der Waals surface area contributed by atoms with E-state index in [9.17, 15) is 23.1 Å². The third kappa shape index (κ3) is 6.31. The molecule has 0 aromatic rings. The van der Waals surface area contributed by atoms with Crippen LogP contribution in [0, 0.1) is 46.3 Å². The van der Waals surface area contributed by atoms with E-state index in [1.54, 1.807) is 5.57 Å². The quantitative estimate of drug-likeness (QED) is 0.269. The first-order chi connectivity index (χ1) is 17.1. The molecule has 0 aliphatic heterocycles. The highest BCUT2D eigenvalue weighted by Gasteiger charge is 2.59. The number of alkyl halides is 3. The highest BCUT2D eigenvalue weighted by Crippen LogP contribution is 2.67. The minimum Gasteiger partial charge on any atom is -0.478 e. The second-order valence-electron chi connectivity index (χ2n) is 13.5. The maximum Gasteiger partial charge on any atom is 0.422 e. The van der Waals surface area contributed by atoms with Gasteiger partial charge in [0.25, 0.3) is 0 Å². The topological polar surface area (TPSA) is 57.5 Å². The van der Waals surface area contributed by atoms with Crippen LogP contribution in [0.1, 0.15) is 105 Å². The van der Waals surface area contributed by atoms with Crippen molar-refractivity contribution in [2.45, 2.75) is 118 Å². The number of carboxylic acids is 1. The van der Waals surface area contributed by atoms with Crippen LogP contribution in [-0.2, 0) is 4.79 Å². The summed E-state index contributed by atoms with van der Waals surface area (Å²) < 4.78 is 33.7. The van der Waals surface area contributed by atoms with Gasteiger partial charge in [-0.1, -0.05) is 72.1 Å². The maximum atomic E-state index is 11.2. The third-order valence-electron chi connectivity index (χ3n) is 10.9. The lowest BCUT2D eigenvalue weighted by Crippen LogP contribution is -2.50. The first kappa shape index (κ1) is 30.2. The third-order valence-corrected chi connectivity index (χ3v) is 10.9. The van der Waals surface area contributed by atoms with Crippen molar-refractivity contribution in [2.75, 3.05) is 0 Å². The number of aliphatic carboxylic acids is 1. The molecule has 0 aromatic heterocycles. The van der Waals surface area contributed by atoms with E-state index in [0.717, 1.165) is 48.3 Å². The summed E-state index contributed by atoms with van der Waals surface area (Å²) >= 11 is 0. The molecule has 212 valence electrons. The van der Waals surface area contributed by atoms with Gasteiger partial charge in [0.05, 0.1) is 6.10 Å². The molecule has 3 fully saturated rings. The van der Waals surface area contributed by atoms with Crippen molar-refractivity contribution in [3.8, 4) is 0 Å². The van der Waals surface area contributed by atoms with E-state index in [-0.39, 0.29) is 6.10 Å². The Labute approximate surface area is 222 Å². The number of carboxylic acid groups (broad SMARTS) is 1. The minimum absolute atomic E-state index is 0.0766. The first-order valence-electron chi connectivity index (χ1n) is 14.5. The standard InChI is InChI=1S/C27H46O.C4H3F3O2/c1-18(2)7-6-8-19(3)23-11-12-24-22-10-9-20-17-21(28)13-15-26(20,4)25(22)14-16-27(23,24)5;1-2(3(8)9)4(5,6)7/h9,18-19,21-25,28H,6-8,10-17H2,1-5H3;1H2,(H,8,9)/t19?,21-,22-,23+,24-,25-,26-,27+;/m0./s1. The molecule has 6 heteroatoms. The Hall–Kier alpha value is -1.30. The number of aliphatic hydroxyl groups is 1. The predicted molar refractivity (Wildman–Crippen MR) is 142 cm³/mol. The number of halogens is 3. The Balaban J connectivity index is 0.000000364. The molecule has 8 atom stereocenters. The Bertz CT molecular complexity index is 862. The van der Waals surface area contributed by atoms with Gasteiger partial charge in [-0.3, -0.25) is 0 Å². The lowest BCUT2D eigenvalue weighted by atomic mass is 9.47. The molecule has 0 heterocycles. The number of rotatable bonds is 6. The number of hydrogen-bond donors (Lipinski definition) is 2. The molecule has 37 heavy (non-hydrogen) atoms. The smallest absolute Gasteiger partial charge is 0.422 e. The van der Waals surface area contributed by atoms with Gasteiger partial charge in [-0.05, 0) is 97.7 Å². The average Bonchev–Trinajstić information content (AvgIpc) is 3.16. The summed E-state index contributed by atoms with van der Waals surface area (Å²) in [6.07, 6.45) is 12.3. The number of hydrogen-bond acceptors (Lipinski definition) is 2. The van der Waals surface area contributed by atoms with Gasteiger partial charge < -0.3 is 10.2 Å². The summed E-state index contributed by atoms with van der Waals surface area (Å²) in [5.41, 5.74) is 0.855. The van der Waals surface area contributed by atoms with Crippen LogP contribution in [-0.4, -0.2) is 28.5 Å². The largest absolute Gasteiger partial charge is 0.478 e. The van der Waals surface area contributed by atoms with E-state index in [1.165, 1.54) is 57.8 Å². The van der Waals surface area contributed by atoms with Crippen molar-refractivity contribution in [1.29, 1.82) is 0 Å². The monoisotopic (exact) mass is 526 g/mol. The number of fused-ring (bicyclic) bond motifs is 5. The zero-order chi connectivity index (χ0) is 27.8. The summed E-state index contributed by atoms with van der Waals surface area (Å²) in [5.74, 6) is 3.42. The Morgan fingerprint density at radius 2 is 1.76 bits per heavy atom. The molecule has 2 N–H and O–H groups in total. The zero-order valence-electron chi connectivity index (χ0n) is 23.5. The molecule has 4 aliphatic rings. The Morgan fingerprint density at radius 1 is 1.08 bits per heavy atom. The summed E-state index contributed by atoms with van der Waals surface area (Å²) in [6, 6.07) is 0. The van der Waals surface area contributed by atoms with Crippen LogP contribution in [0.2, 0.25) is 0 Å². The van der Waals surface area contributed by atoms with E-state index in [2.05, 4.69) is 47.3 Å². The summed E-state index contributed by atoms with van der Waals surface area (Å²) in [6.45, 7) is 14.9. The zero-order valence-corrected chi connectivity index (χ0v) is 23.5. The molecule has 3 saturated carbocycles. The van der Waals surface area contributed by atoms with E-state index >= 15 is 0 Å². The van der Waals surface area contributed by atoms with E-state index in [0.29, 0.717) is 10.8 Å². The lowest BCUT2D eigenvalue weighted by Gasteiger charge is -2.58. The molecular weight excluding hydrogens is 477 g/mol. The van der Waals surface area contributed by atoms with Crippen molar-refractivity contribution >= 4 is 5.97 Å². The molecule has 1 unspecified atom stereocenters. The second-order valence-corrected chi connectivity index (χ2v) is 13.5. The van der Waals surface area contributed by atoms with Gasteiger partial charge in [-0.15, -0.1) is 0 Å². The molecular formula is C31H49F3O3. The molecule has 0 amide bonds. The second kappa shape index (κ2) is 11.4. The van der Waals surface area contributed by atoms with Crippen molar-refractivity contribution in [2.24, 2.45) is 46.3 Å². The van der Waals surface area contributed by atoms with Gasteiger partial charge in [0.15, 0.2) is 0 Å². The van der Waals surface area contributed by atoms with E-state index < -0.39 is 17.7 Å². The van der Waals surface area contributed by atoms with Gasteiger partial charge in [0, 0.05) is 0 Å². The fourth-order valence-corrected chi connectivity index (χ4v) is 8.79. The molecule has 0 saturated heterocycles. The number of allylic oxidation sites excluding steroid dienone is 1. The fourth-order valence-electron chi connectivity index (χ4n) is 8.79. The molecule has 0 spiro atoms. The lowest BCUT2D eigenvalue weighted by molar-refractivity contribution is -0.144. The van der Waals surface area contributed by atoms with Crippen LogP contribution in [0.3, 0.4) is 0 Å². The average molecular weight is 527 g/mol. The van der Waals surface area contributed by atoms with E-state index in [1.807, 2.05) is 0 Å². The van der Waals surface area contributed by atoms with Crippen molar-refractivity contribution in [1.82, 2.24) is 0 Å². The van der Waals surface area contributed by atoms with E-state index in [4.69, 9.17) is 5.11 Å². The summed E-state index contributed by atoms with van der Waals surface area (Å²) in [7, 11) is 0. The van der Waals surface area contributed by atoms with Gasteiger partial charge in [0.1, 0.15) is 5.57 Å². The molecule has 0 radical (unpaired) electrons. The highest BCUT2D eigenvalue weighted by atomic mass is 19.4. The Morgan fingerprint density at radius 3 is 2.32 bits per heavy atom. The van der Waals surface area contributed by atoms with Crippen LogP contribution >= 0.6 is 0 Å². The number of aliphatic hydroxyl groups excluding tert-OH is 1. The van der Waals surface area contributed by atoms with Crippen LogP contribution in [0.25, 0.3) is 0 Å². The molecule has 4 aliphatic carbocycles. The minimum atomic E-state index is -4.81. The SMILES string of the molecule is C=C(C(=O)O)C(F)(F)F.CC(C)CCCC(C)[C@H]1CC[C@H]2[C@@H]3CC=C4C[C@@H](O)CC[C@]4(C)[C@H]3CC[C@]12C. The molecule has 4 rings (SSSR count). The molecule has 0 aromatic carbocycles. The molecule has 3 nitrogen and oxygen atoms in total. The first-order valence-corrected chi connectivity index (χ1v) is 14.5. The normalized spacial score (nSPS) is 37.9. The van der Waals surface area contributed by atoms with Gasteiger partial charge in [-0.25, -0.2) is 4.79 Å². The maximum absolute atomic E-state index is 11.2. The van der Waals surface area contributed by atoms with Crippen LogP contribution in [0.15, 0.2) is 23.8 Å². The van der Waals surface area contributed by atoms with Crippen LogP contribution in [0.4, 0.5) is 13.2 Å². The van der Waals surface area contributed by atoms with Crippen LogP contribution in [0.5, 0.6) is 0 Å². The Kier molecular flexibility index (Phi) is 9.35. The molecule has 0 bridgehead atoms. The fraction of sp³-hybridized carbons (Fsp3) is 0.839.